The molecule has 0 aromatic carbocycles. The number of methoxy groups -OCH3 is 1. The third-order valence-electron chi connectivity index (χ3n) is 3.44. The van der Waals surface area contributed by atoms with Crippen molar-refractivity contribution < 1.29 is 27.8 Å². The third-order valence-corrected chi connectivity index (χ3v) is 3.44. The van der Waals surface area contributed by atoms with Gasteiger partial charge in [-0.25, -0.2) is 14.7 Å². The molecule has 1 saturated heterocycles. The molecule has 2 amide bonds. The first-order valence-electron chi connectivity index (χ1n) is 6.03. The van der Waals surface area contributed by atoms with Crippen molar-refractivity contribution in [3.8, 4) is 5.75 Å². The molecule has 2 rings (SSSR count). The maximum Gasteiger partial charge on any atom is 0.420 e. The highest BCUT2D eigenvalue weighted by Crippen LogP contribution is 2.38. The summed E-state index contributed by atoms with van der Waals surface area (Å²) in [5.74, 6) is -0.731. The molecule has 1 N–H and O–H groups in total. The van der Waals surface area contributed by atoms with Crippen LogP contribution in [0, 0.1) is 0 Å². The number of aliphatic hydroxyl groups excluding tert-OH is 1. The molecule has 0 aliphatic carbocycles. The topological polar surface area (TPSA) is 65.9 Å². The number of nitrogens with zero attached hydrogens (tertiary/aromatic N) is 3. The quantitative estimate of drug-likeness (QED) is 0.903. The molecule has 1 aliphatic rings. The molecule has 2 heterocycles. The van der Waals surface area contributed by atoms with E-state index in [1.807, 2.05) is 0 Å². The smallest absolute Gasteiger partial charge is 0.420 e. The Hall–Kier alpha value is -2.03. The van der Waals surface area contributed by atoms with Crippen molar-refractivity contribution >= 4 is 11.8 Å². The molecule has 1 aromatic rings. The van der Waals surface area contributed by atoms with Crippen LogP contribution < -0.4 is 9.64 Å². The van der Waals surface area contributed by atoms with Crippen molar-refractivity contribution in [1.82, 2.24) is 9.88 Å². The van der Waals surface area contributed by atoms with Gasteiger partial charge in [-0.2, -0.15) is 13.2 Å². The largest absolute Gasteiger partial charge is 0.494 e. The zero-order valence-electron chi connectivity index (χ0n) is 11.5. The molecule has 1 aliphatic heterocycles. The molecule has 1 aromatic heterocycles. The van der Waals surface area contributed by atoms with Crippen molar-refractivity contribution in [3.63, 3.8) is 0 Å². The fourth-order valence-electron chi connectivity index (χ4n) is 2.05. The Morgan fingerprint density at radius 1 is 1.43 bits per heavy atom. The SMILES string of the molecule is COc1cnc(N2C(=O)N(C)C(C)C2O)cc1C(F)(F)F. The predicted octanol–water partition coefficient (Wildman–Crippen LogP) is 1.69. The zero-order valence-corrected chi connectivity index (χ0v) is 11.5. The van der Waals surface area contributed by atoms with Gasteiger partial charge in [0, 0.05) is 7.05 Å². The van der Waals surface area contributed by atoms with Crippen molar-refractivity contribution in [3.05, 3.63) is 17.8 Å². The predicted molar refractivity (Wildman–Crippen MR) is 66.9 cm³/mol. The van der Waals surface area contributed by atoms with E-state index in [4.69, 9.17) is 0 Å². The second kappa shape index (κ2) is 5.06. The number of alkyl halides is 3. The number of likely N-dealkylation sites (N-methyl/N-ethyl adjacent to an activating group) is 1. The highest BCUT2D eigenvalue weighted by Gasteiger charge is 2.43. The average molecular weight is 305 g/mol. The fraction of sp³-hybridized carbons (Fsp3) is 0.500. The normalized spacial score (nSPS) is 22.9. The van der Waals surface area contributed by atoms with E-state index in [0.717, 1.165) is 18.2 Å². The fourth-order valence-corrected chi connectivity index (χ4v) is 2.05. The van der Waals surface area contributed by atoms with Crippen molar-refractivity contribution in [2.75, 3.05) is 19.1 Å². The Balaban J connectivity index is 2.49. The maximum atomic E-state index is 13.0. The van der Waals surface area contributed by atoms with Gasteiger partial charge >= 0.3 is 12.2 Å². The number of hydrogen-bond acceptors (Lipinski definition) is 4. The van der Waals surface area contributed by atoms with Crippen LogP contribution in [-0.4, -0.2) is 47.4 Å². The molecular formula is C12H14F3N3O3. The average Bonchev–Trinajstić information content (AvgIpc) is 2.61. The lowest BCUT2D eigenvalue weighted by Crippen LogP contribution is -2.36. The summed E-state index contributed by atoms with van der Waals surface area (Å²) in [6.07, 6.45) is -5.06. The first-order chi connectivity index (χ1) is 9.68. The molecule has 0 spiro atoms. The van der Waals surface area contributed by atoms with Crippen molar-refractivity contribution in [2.24, 2.45) is 0 Å². The number of urea groups is 1. The van der Waals surface area contributed by atoms with Crippen LogP contribution >= 0.6 is 0 Å². The summed E-state index contributed by atoms with van der Waals surface area (Å²) >= 11 is 0. The third kappa shape index (κ3) is 2.48. The van der Waals surface area contributed by atoms with Gasteiger partial charge in [0.1, 0.15) is 17.1 Å². The number of carbonyl (C=O) groups is 1. The van der Waals surface area contributed by atoms with Crippen LogP contribution in [0.1, 0.15) is 12.5 Å². The maximum absolute atomic E-state index is 13.0. The second-order valence-corrected chi connectivity index (χ2v) is 4.66. The van der Waals surface area contributed by atoms with Gasteiger partial charge in [-0.15, -0.1) is 0 Å². The number of ether oxygens (including phenoxy) is 1. The molecule has 0 saturated carbocycles. The number of aliphatic hydroxyl groups is 1. The first kappa shape index (κ1) is 15.4. The van der Waals surface area contributed by atoms with Gasteiger partial charge in [-0.1, -0.05) is 0 Å². The van der Waals surface area contributed by atoms with E-state index in [0.29, 0.717) is 6.07 Å². The lowest BCUT2D eigenvalue weighted by Gasteiger charge is -2.21. The Kier molecular flexibility index (Phi) is 3.70. The Morgan fingerprint density at radius 3 is 2.48 bits per heavy atom. The van der Waals surface area contributed by atoms with Gasteiger partial charge in [0.05, 0.1) is 19.3 Å². The van der Waals surface area contributed by atoms with Gasteiger partial charge in [0.25, 0.3) is 0 Å². The van der Waals surface area contributed by atoms with Crippen LogP contribution in [0.2, 0.25) is 0 Å². The molecule has 2 unspecified atom stereocenters. The second-order valence-electron chi connectivity index (χ2n) is 4.66. The van der Waals surface area contributed by atoms with E-state index in [-0.39, 0.29) is 5.82 Å². The Labute approximate surface area is 118 Å². The molecule has 0 bridgehead atoms. The minimum Gasteiger partial charge on any atom is -0.494 e. The summed E-state index contributed by atoms with van der Waals surface area (Å²) < 4.78 is 43.5. The summed E-state index contributed by atoms with van der Waals surface area (Å²) in [6, 6.07) is -0.497. The molecule has 2 atom stereocenters. The van der Waals surface area contributed by atoms with Gasteiger partial charge in [0.2, 0.25) is 0 Å². The Morgan fingerprint density at radius 2 is 2.05 bits per heavy atom. The number of amides is 2. The highest BCUT2D eigenvalue weighted by molar-refractivity contribution is 5.94. The molecule has 9 heteroatoms. The molecule has 1 fully saturated rings. The Bertz CT molecular complexity index is 564. The number of pyridine rings is 1. The molecule has 0 radical (unpaired) electrons. The van der Waals surface area contributed by atoms with Crippen LogP contribution in [0.4, 0.5) is 23.8 Å². The minimum absolute atomic E-state index is 0.281. The monoisotopic (exact) mass is 305 g/mol. The highest BCUT2D eigenvalue weighted by atomic mass is 19.4. The van der Waals surface area contributed by atoms with E-state index in [2.05, 4.69) is 9.72 Å². The number of carbonyl (C=O) groups excluding carboxylic acids is 1. The van der Waals surface area contributed by atoms with E-state index in [1.165, 1.54) is 11.9 Å². The molecular weight excluding hydrogens is 291 g/mol. The van der Waals surface area contributed by atoms with E-state index < -0.39 is 35.8 Å². The van der Waals surface area contributed by atoms with Crippen LogP contribution in [0.15, 0.2) is 12.3 Å². The zero-order chi connectivity index (χ0) is 15.9. The summed E-state index contributed by atoms with van der Waals surface area (Å²) in [4.78, 5) is 17.8. The van der Waals surface area contributed by atoms with Crippen molar-refractivity contribution in [1.29, 1.82) is 0 Å². The van der Waals surface area contributed by atoms with Crippen LogP contribution in [0.3, 0.4) is 0 Å². The van der Waals surface area contributed by atoms with Crippen LogP contribution in [-0.2, 0) is 6.18 Å². The number of rotatable bonds is 2. The summed E-state index contributed by atoms with van der Waals surface area (Å²) in [6.45, 7) is 1.58. The van der Waals surface area contributed by atoms with Crippen LogP contribution in [0.5, 0.6) is 5.75 Å². The molecule has 21 heavy (non-hydrogen) atoms. The van der Waals surface area contributed by atoms with Crippen LogP contribution in [0.25, 0.3) is 0 Å². The molecule has 116 valence electrons. The number of halogens is 3. The van der Waals surface area contributed by atoms with Crippen molar-refractivity contribution in [2.45, 2.75) is 25.4 Å². The minimum atomic E-state index is -4.66. The van der Waals surface area contributed by atoms with Gasteiger partial charge in [-0.3, -0.25) is 0 Å². The van der Waals surface area contributed by atoms with E-state index >= 15 is 0 Å². The summed E-state index contributed by atoms with van der Waals surface area (Å²) in [7, 11) is 2.54. The summed E-state index contributed by atoms with van der Waals surface area (Å²) in [5, 5.41) is 9.98. The molecule has 6 nitrogen and oxygen atoms in total. The lowest BCUT2D eigenvalue weighted by atomic mass is 10.2. The number of anilines is 1. The van der Waals surface area contributed by atoms with E-state index in [9.17, 15) is 23.1 Å². The van der Waals surface area contributed by atoms with Gasteiger partial charge < -0.3 is 14.7 Å². The first-order valence-corrected chi connectivity index (χ1v) is 6.03. The number of aromatic nitrogens is 1. The lowest BCUT2D eigenvalue weighted by molar-refractivity contribution is -0.138. The van der Waals surface area contributed by atoms with Gasteiger partial charge in [-0.05, 0) is 13.0 Å². The number of hydrogen-bond donors (Lipinski definition) is 1. The standard InChI is InChI=1S/C12H14F3N3O3/c1-6-10(19)18(11(20)17(6)2)9-4-7(12(13,14)15)8(21-3)5-16-9/h4-6,10,19H,1-3H3. The summed E-state index contributed by atoms with van der Waals surface area (Å²) in [5.41, 5.74) is -1.06. The van der Waals surface area contributed by atoms with E-state index in [1.54, 1.807) is 6.92 Å². The van der Waals surface area contributed by atoms with Gasteiger partial charge in [0.15, 0.2) is 6.23 Å².